The van der Waals surface area contributed by atoms with Crippen LogP contribution in [0.1, 0.15) is 33.1 Å². The molecule has 0 unspecified atom stereocenters. The van der Waals surface area contributed by atoms with Crippen molar-refractivity contribution in [2.45, 2.75) is 38.6 Å². The van der Waals surface area contributed by atoms with Crippen LogP contribution in [-0.2, 0) is 10.3 Å². The van der Waals surface area contributed by atoms with Gasteiger partial charge in [0.25, 0.3) is 5.56 Å². The summed E-state index contributed by atoms with van der Waals surface area (Å²) in [6.07, 6.45) is 2.50. The number of aromatic nitrogens is 1. The molecule has 112 valence electrons. The lowest BCUT2D eigenvalue weighted by molar-refractivity contribution is -0.148. The van der Waals surface area contributed by atoms with Crippen LogP contribution in [0.25, 0.3) is 0 Å². The molecule has 0 aromatic carbocycles. The molecule has 0 radical (unpaired) electrons. The molecule has 0 bridgehead atoms. The van der Waals surface area contributed by atoms with Crippen molar-refractivity contribution in [3.05, 3.63) is 28.7 Å². The first-order valence-electron chi connectivity index (χ1n) is 6.72. The molecule has 6 heteroatoms. The summed E-state index contributed by atoms with van der Waals surface area (Å²) in [5, 5.41) is 18.2. The topological polar surface area (TPSA) is 88.8 Å². The molecule has 6 nitrogen and oxygen atoms in total. The first kappa shape index (κ1) is 16.2. The van der Waals surface area contributed by atoms with E-state index in [2.05, 4.69) is 0 Å². The van der Waals surface area contributed by atoms with Gasteiger partial charge in [-0.15, -0.1) is 0 Å². The number of carboxylic acids is 1. The molecule has 0 atom stereocenters. The maximum atomic E-state index is 12.3. The van der Waals surface area contributed by atoms with E-state index >= 15 is 0 Å². The normalized spacial score (nSPS) is 11.3. The van der Waals surface area contributed by atoms with Crippen molar-refractivity contribution in [1.82, 2.24) is 4.57 Å². The second kappa shape index (κ2) is 7.09. The third-order valence-corrected chi connectivity index (χ3v) is 3.50. The third kappa shape index (κ3) is 3.01. The predicted molar refractivity (Wildman–Crippen MR) is 74.1 cm³/mol. The number of pyridine rings is 1. The molecule has 0 saturated heterocycles. The number of aliphatic carboxylic acids is 1. The third-order valence-electron chi connectivity index (χ3n) is 3.50. The number of rotatable bonds is 8. The van der Waals surface area contributed by atoms with Crippen LogP contribution in [0, 0.1) is 0 Å². The summed E-state index contributed by atoms with van der Waals surface area (Å²) in [6.45, 7) is 3.67. The van der Waals surface area contributed by atoms with Gasteiger partial charge in [-0.3, -0.25) is 9.36 Å². The van der Waals surface area contributed by atoms with Crippen LogP contribution in [0.5, 0.6) is 5.75 Å². The maximum absolute atomic E-state index is 12.3. The number of nitrogens with zero attached hydrogens (tertiary/aromatic N) is 1. The van der Waals surface area contributed by atoms with Crippen LogP contribution in [0.2, 0.25) is 0 Å². The summed E-state index contributed by atoms with van der Waals surface area (Å²) in [7, 11) is 0. The minimum Gasteiger partial charge on any atom is -0.488 e. The number of hydrogen-bond acceptors (Lipinski definition) is 4. The second-order valence-electron chi connectivity index (χ2n) is 4.52. The van der Waals surface area contributed by atoms with Crippen molar-refractivity contribution in [3.63, 3.8) is 0 Å². The van der Waals surface area contributed by atoms with Crippen LogP contribution in [-0.4, -0.2) is 34.0 Å². The number of hydrogen-bond donors (Lipinski definition) is 2. The SMILES string of the molecule is CCC(CC)(C(=O)O)n1cccc(OCCCO)c1=O. The van der Waals surface area contributed by atoms with Crippen molar-refractivity contribution < 1.29 is 19.7 Å². The van der Waals surface area contributed by atoms with E-state index in [1.165, 1.54) is 16.8 Å². The maximum Gasteiger partial charge on any atom is 0.329 e. The predicted octanol–water partition coefficient (Wildman–Crippen LogP) is 1.21. The molecule has 1 rings (SSSR count). The molecule has 0 spiro atoms. The van der Waals surface area contributed by atoms with Gasteiger partial charge in [-0.2, -0.15) is 0 Å². The lowest BCUT2D eigenvalue weighted by Crippen LogP contribution is -2.46. The Hall–Kier alpha value is -1.82. The fraction of sp³-hybridized carbons (Fsp3) is 0.571. The van der Waals surface area contributed by atoms with Crippen LogP contribution in [0.15, 0.2) is 23.1 Å². The lowest BCUT2D eigenvalue weighted by Gasteiger charge is -2.29. The minimum absolute atomic E-state index is 0.0238. The van der Waals surface area contributed by atoms with Crippen LogP contribution < -0.4 is 10.3 Å². The highest BCUT2D eigenvalue weighted by Gasteiger charge is 2.38. The van der Waals surface area contributed by atoms with Gasteiger partial charge in [-0.05, 0) is 25.0 Å². The van der Waals surface area contributed by atoms with Gasteiger partial charge >= 0.3 is 5.97 Å². The van der Waals surface area contributed by atoms with Gasteiger partial charge in [-0.25, -0.2) is 4.79 Å². The van der Waals surface area contributed by atoms with Crippen LogP contribution in [0.4, 0.5) is 0 Å². The molecule has 0 amide bonds. The van der Waals surface area contributed by atoms with E-state index < -0.39 is 17.1 Å². The highest BCUT2D eigenvalue weighted by atomic mass is 16.5. The van der Waals surface area contributed by atoms with Gasteiger partial charge in [0.2, 0.25) is 0 Å². The Kier molecular flexibility index (Phi) is 5.76. The number of aliphatic hydroxyl groups is 1. The average Bonchev–Trinajstić information content (AvgIpc) is 2.44. The highest BCUT2D eigenvalue weighted by molar-refractivity contribution is 5.76. The number of ether oxygens (including phenoxy) is 1. The molecule has 20 heavy (non-hydrogen) atoms. The van der Waals surface area contributed by atoms with E-state index in [0.29, 0.717) is 19.3 Å². The first-order chi connectivity index (χ1) is 9.53. The molecule has 2 N–H and O–H groups in total. The van der Waals surface area contributed by atoms with Crippen molar-refractivity contribution in [2.75, 3.05) is 13.2 Å². The second-order valence-corrected chi connectivity index (χ2v) is 4.52. The Morgan fingerprint density at radius 2 is 2.05 bits per heavy atom. The Morgan fingerprint density at radius 3 is 2.55 bits per heavy atom. The van der Waals surface area contributed by atoms with Crippen LogP contribution in [0.3, 0.4) is 0 Å². The summed E-state index contributed by atoms with van der Waals surface area (Å²) >= 11 is 0. The van der Waals surface area contributed by atoms with Gasteiger partial charge in [-0.1, -0.05) is 13.8 Å². The van der Waals surface area contributed by atoms with Crippen molar-refractivity contribution in [2.24, 2.45) is 0 Å². The van der Waals surface area contributed by atoms with E-state index in [4.69, 9.17) is 9.84 Å². The Bertz CT molecular complexity index is 505. The Balaban J connectivity index is 3.21. The molecule has 1 aromatic heterocycles. The van der Waals surface area contributed by atoms with Gasteiger partial charge < -0.3 is 14.9 Å². The number of carbonyl (C=O) groups is 1. The molecule has 0 saturated carbocycles. The lowest BCUT2D eigenvalue weighted by atomic mass is 9.92. The summed E-state index contributed by atoms with van der Waals surface area (Å²) in [4.78, 5) is 23.9. The largest absolute Gasteiger partial charge is 0.488 e. The summed E-state index contributed by atoms with van der Waals surface area (Å²) in [5.74, 6) is -0.925. The number of carboxylic acid groups (broad SMARTS) is 1. The fourth-order valence-electron chi connectivity index (χ4n) is 2.16. The number of aliphatic hydroxyl groups excluding tert-OH is 1. The van der Waals surface area contributed by atoms with E-state index in [1.807, 2.05) is 0 Å². The standard InChI is InChI=1S/C14H21NO5/c1-3-14(4-2,13(18)19)15-8-5-7-11(12(15)17)20-10-6-9-16/h5,7-8,16H,3-4,6,9-10H2,1-2H3,(H,18,19). The average molecular weight is 283 g/mol. The van der Waals surface area contributed by atoms with Crippen molar-refractivity contribution in [1.29, 1.82) is 0 Å². The quantitative estimate of drug-likeness (QED) is 0.700. The molecule has 0 aliphatic carbocycles. The molecule has 1 aromatic rings. The summed E-state index contributed by atoms with van der Waals surface area (Å²) < 4.78 is 6.52. The van der Waals surface area contributed by atoms with Gasteiger partial charge in [0.05, 0.1) is 6.61 Å². The van der Waals surface area contributed by atoms with Crippen molar-refractivity contribution >= 4 is 5.97 Å². The smallest absolute Gasteiger partial charge is 0.329 e. The molecule has 0 aliphatic rings. The van der Waals surface area contributed by atoms with Gasteiger partial charge in [0, 0.05) is 19.2 Å². The zero-order valence-corrected chi connectivity index (χ0v) is 11.8. The fourth-order valence-corrected chi connectivity index (χ4v) is 2.16. The molecular weight excluding hydrogens is 262 g/mol. The summed E-state index contributed by atoms with van der Waals surface area (Å²) in [6, 6.07) is 3.10. The Morgan fingerprint density at radius 1 is 1.40 bits per heavy atom. The first-order valence-corrected chi connectivity index (χ1v) is 6.72. The van der Waals surface area contributed by atoms with Crippen LogP contribution >= 0.6 is 0 Å². The summed E-state index contributed by atoms with van der Waals surface area (Å²) in [5.41, 5.74) is -1.72. The Labute approximate surface area is 117 Å². The van der Waals surface area contributed by atoms with E-state index in [-0.39, 0.29) is 19.0 Å². The van der Waals surface area contributed by atoms with E-state index in [9.17, 15) is 14.7 Å². The molecule has 0 aliphatic heterocycles. The zero-order valence-electron chi connectivity index (χ0n) is 11.8. The molecule has 1 heterocycles. The molecular formula is C14H21NO5. The molecule has 0 fully saturated rings. The monoisotopic (exact) mass is 283 g/mol. The van der Waals surface area contributed by atoms with Crippen molar-refractivity contribution in [3.8, 4) is 5.75 Å². The van der Waals surface area contributed by atoms with Gasteiger partial charge in [0.15, 0.2) is 5.75 Å². The van der Waals surface area contributed by atoms with E-state index in [1.54, 1.807) is 19.9 Å². The zero-order chi connectivity index (χ0) is 15.2. The van der Waals surface area contributed by atoms with E-state index in [0.717, 1.165) is 0 Å². The van der Waals surface area contributed by atoms with Gasteiger partial charge in [0.1, 0.15) is 5.54 Å². The highest BCUT2D eigenvalue weighted by Crippen LogP contribution is 2.24. The minimum atomic E-state index is -1.26.